The van der Waals surface area contributed by atoms with Crippen molar-refractivity contribution in [1.29, 1.82) is 0 Å². The van der Waals surface area contributed by atoms with Crippen molar-refractivity contribution in [2.45, 2.75) is 13.3 Å². The van der Waals surface area contributed by atoms with E-state index in [0.29, 0.717) is 46.5 Å². The van der Waals surface area contributed by atoms with Crippen LogP contribution in [0.25, 0.3) is 33.6 Å². The summed E-state index contributed by atoms with van der Waals surface area (Å²) < 4.78 is 21.7. The number of ether oxygens (including phenoxy) is 2. The van der Waals surface area contributed by atoms with Crippen LogP contribution < -0.4 is 15.1 Å². The molecule has 0 amide bonds. The van der Waals surface area contributed by atoms with E-state index in [9.17, 15) is 4.79 Å². The van der Waals surface area contributed by atoms with Gasteiger partial charge in [-0.05, 0) is 36.8 Å². The van der Waals surface area contributed by atoms with Crippen LogP contribution in [0, 0.1) is 6.92 Å². The van der Waals surface area contributed by atoms with E-state index in [1.54, 1.807) is 0 Å². The molecule has 0 bridgehead atoms. The molecule has 8 nitrogen and oxygen atoms in total. The van der Waals surface area contributed by atoms with Gasteiger partial charge in [-0.2, -0.15) is 4.98 Å². The number of thiazole rings is 1. The van der Waals surface area contributed by atoms with Crippen molar-refractivity contribution in [2.24, 2.45) is 0 Å². The van der Waals surface area contributed by atoms with Crippen molar-refractivity contribution in [3.8, 4) is 34.1 Å². The van der Waals surface area contributed by atoms with Crippen LogP contribution in [-0.2, 0) is 6.42 Å². The van der Waals surface area contributed by atoms with Gasteiger partial charge in [-0.15, -0.1) is 11.3 Å². The van der Waals surface area contributed by atoms with Gasteiger partial charge in [-0.1, -0.05) is 23.4 Å². The number of hydrogen-bond donors (Lipinski definition) is 0. The van der Waals surface area contributed by atoms with Gasteiger partial charge < -0.3 is 18.4 Å². The number of benzene rings is 2. The Morgan fingerprint density at radius 1 is 1.06 bits per heavy atom. The molecule has 0 unspecified atom stereocenters. The van der Waals surface area contributed by atoms with Gasteiger partial charge in [0.25, 0.3) is 0 Å². The van der Waals surface area contributed by atoms with Gasteiger partial charge in [0, 0.05) is 16.3 Å². The lowest BCUT2D eigenvalue weighted by Crippen LogP contribution is -2.03. The first-order valence-electron chi connectivity index (χ1n) is 9.85. The molecule has 9 heteroatoms. The van der Waals surface area contributed by atoms with E-state index in [2.05, 4.69) is 15.1 Å². The van der Waals surface area contributed by atoms with Crippen LogP contribution in [0.1, 0.15) is 16.5 Å². The van der Waals surface area contributed by atoms with Gasteiger partial charge in [-0.3, -0.25) is 0 Å². The Labute approximate surface area is 185 Å². The monoisotopic (exact) mass is 445 g/mol. The lowest BCUT2D eigenvalue weighted by atomic mass is 10.1. The molecule has 32 heavy (non-hydrogen) atoms. The van der Waals surface area contributed by atoms with E-state index in [1.807, 2.05) is 54.8 Å². The van der Waals surface area contributed by atoms with Crippen molar-refractivity contribution in [3.63, 3.8) is 0 Å². The second-order valence-electron chi connectivity index (χ2n) is 7.32. The summed E-state index contributed by atoms with van der Waals surface area (Å²) in [5.41, 5.74) is 2.87. The third-order valence-corrected chi connectivity index (χ3v) is 6.03. The van der Waals surface area contributed by atoms with E-state index < -0.39 is 5.63 Å². The fourth-order valence-corrected chi connectivity index (χ4v) is 4.38. The zero-order valence-electron chi connectivity index (χ0n) is 16.8. The van der Waals surface area contributed by atoms with Gasteiger partial charge in [0.1, 0.15) is 10.6 Å². The molecule has 4 heterocycles. The van der Waals surface area contributed by atoms with E-state index in [4.69, 9.17) is 18.4 Å². The number of hydrogen-bond acceptors (Lipinski definition) is 9. The van der Waals surface area contributed by atoms with Gasteiger partial charge in [0.05, 0.1) is 17.7 Å². The number of nitrogens with zero attached hydrogens (tertiary/aromatic N) is 3. The molecule has 5 aromatic rings. The fourth-order valence-electron chi connectivity index (χ4n) is 3.59. The first-order chi connectivity index (χ1) is 15.6. The summed E-state index contributed by atoms with van der Waals surface area (Å²) in [7, 11) is 0. The second-order valence-corrected chi connectivity index (χ2v) is 8.27. The maximum atomic E-state index is 12.5. The quantitative estimate of drug-likeness (QED) is 0.370. The number of aromatic nitrogens is 3. The summed E-state index contributed by atoms with van der Waals surface area (Å²) in [4.78, 5) is 21.6. The Morgan fingerprint density at radius 2 is 1.97 bits per heavy atom. The zero-order chi connectivity index (χ0) is 21.7. The predicted octanol–water partition coefficient (Wildman–Crippen LogP) is 4.59. The average Bonchev–Trinajstić information content (AvgIpc) is 3.55. The summed E-state index contributed by atoms with van der Waals surface area (Å²) in [5.74, 6) is 2.24. The van der Waals surface area contributed by atoms with Crippen LogP contribution in [-0.4, -0.2) is 21.9 Å². The van der Waals surface area contributed by atoms with Gasteiger partial charge in [-0.25, -0.2) is 9.78 Å². The van der Waals surface area contributed by atoms with E-state index >= 15 is 0 Å². The highest BCUT2D eigenvalue weighted by atomic mass is 32.1. The molecular weight excluding hydrogens is 430 g/mol. The molecule has 6 rings (SSSR count). The van der Waals surface area contributed by atoms with Crippen LogP contribution in [0.15, 0.2) is 61.6 Å². The van der Waals surface area contributed by atoms with E-state index in [-0.39, 0.29) is 6.79 Å². The number of fused-ring (bicyclic) bond motifs is 2. The van der Waals surface area contributed by atoms with Crippen molar-refractivity contribution >= 4 is 22.3 Å². The average molecular weight is 445 g/mol. The molecular formula is C23H15N3O5S. The lowest BCUT2D eigenvalue weighted by Gasteiger charge is -2.02. The lowest BCUT2D eigenvalue weighted by molar-refractivity contribution is 0.174. The van der Waals surface area contributed by atoms with Crippen molar-refractivity contribution in [3.05, 3.63) is 74.7 Å². The summed E-state index contributed by atoms with van der Waals surface area (Å²) in [6.45, 7) is 2.12. The van der Waals surface area contributed by atoms with E-state index in [0.717, 1.165) is 21.5 Å². The first kappa shape index (κ1) is 18.8. The number of aryl methyl sites for hydroxylation is 1. The first-order valence-corrected chi connectivity index (χ1v) is 10.7. The largest absolute Gasteiger partial charge is 0.454 e. The third kappa shape index (κ3) is 3.23. The summed E-state index contributed by atoms with van der Waals surface area (Å²) in [6, 6.07) is 13.1. The van der Waals surface area contributed by atoms with Gasteiger partial charge in [0.2, 0.25) is 18.5 Å². The predicted molar refractivity (Wildman–Crippen MR) is 117 cm³/mol. The Hall–Kier alpha value is -3.98. The van der Waals surface area contributed by atoms with Crippen LogP contribution in [0.5, 0.6) is 11.5 Å². The van der Waals surface area contributed by atoms with Crippen LogP contribution >= 0.6 is 11.3 Å². The van der Waals surface area contributed by atoms with Crippen LogP contribution in [0.2, 0.25) is 0 Å². The third-order valence-electron chi connectivity index (χ3n) is 5.19. The smallest absolute Gasteiger partial charge is 0.345 e. The molecule has 0 spiro atoms. The molecule has 0 N–H and O–H groups in total. The molecule has 2 aromatic carbocycles. The Bertz CT molecular complexity index is 1530. The molecule has 158 valence electrons. The highest BCUT2D eigenvalue weighted by Crippen LogP contribution is 2.35. The zero-order valence-corrected chi connectivity index (χ0v) is 17.6. The minimum absolute atomic E-state index is 0.206. The molecule has 0 aliphatic carbocycles. The number of para-hydroxylation sites is 1. The molecule has 1 aliphatic heterocycles. The van der Waals surface area contributed by atoms with Crippen LogP contribution in [0.3, 0.4) is 0 Å². The standard InChI is InChI=1S/C23H15N3O5S/c1-12-3-2-4-13-7-15(23(27)30-21(12)13)16-10-32-20(24-16)9-19-25-22(26-31-19)14-5-6-17-18(8-14)29-11-28-17/h2-8,10H,9,11H2,1H3. The molecule has 0 radical (unpaired) electrons. The molecule has 0 atom stereocenters. The molecule has 0 fully saturated rings. The molecule has 0 saturated heterocycles. The van der Waals surface area contributed by atoms with Crippen LogP contribution in [0.4, 0.5) is 0 Å². The molecule has 1 aliphatic rings. The topological polar surface area (TPSA) is 100 Å². The minimum Gasteiger partial charge on any atom is -0.454 e. The highest BCUT2D eigenvalue weighted by molar-refractivity contribution is 7.10. The Kier molecular flexibility index (Phi) is 4.29. The summed E-state index contributed by atoms with van der Waals surface area (Å²) in [6.07, 6.45) is 0.361. The Morgan fingerprint density at radius 3 is 2.91 bits per heavy atom. The second kappa shape index (κ2) is 7.31. The molecule has 0 saturated carbocycles. The fraction of sp³-hybridized carbons (Fsp3) is 0.130. The van der Waals surface area contributed by atoms with Crippen molar-refractivity contribution in [2.75, 3.05) is 6.79 Å². The maximum Gasteiger partial charge on any atom is 0.345 e. The number of rotatable bonds is 4. The summed E-state index contributed by atoms with van der Waals surface area (Å²) in [5, 5.41) is 7.51. The highest BCUT2D eigenvalue weighted by Gasteiger charge is 2.18. The van der Waals surface area contributed by atoms with Crippen molar-refractivity contribution in [1.82, 2.24) is 15.1 Å². The Balaban J connectivity index is 1.26. The van der Waals surface area contributed by atoms with E-state index in [1.165, 1.54) is 11.3 Å². The normalized spacial score (nSPS) is 12.5. The van der Waals surface area contributed by atoms with Gasteiger partial charge in [0.15, 0.2) is 11.5 Å². The van der Waals surface area contributed by atoms with Crippen molar-refractivity contribution < 1.29 is 18.4 Å². The minimum atomic E-state index is -0.411. The maximum absolute atomic E-state index is 12.5. The summed E-state index contributed by atoms with van der Waals surface area (Å²) >= 11 is 1.42. The molecule has 3 aromatic heterocycles. The SMILES string of the molecule is Cc1cccc2cc(-c3csc(Cc4nc(-c5ccc6c(c5)OCO6)no4)n3)c(=O)oc12. The van der Waals surface area contributed by atoms with Gasteiger partial charge >= 0.3 is 5.63 Å².